The molecule has 1 fully saturated rings. The third kappa shape index (κ3) is 3.97. The van der Waals surface area contributed by atoms with Crippen molar-refractivity contribution in [2.75, 3.05) is 43.4 Å². The highest BCUT2D eigenvalue weighted by Gasteiger charge is 2.42. The second kappa shape index (κ2) is 8.96. The summed E-state index contributed by atoms with van der Waals surface area (Å²) < 4.78 is 13.0. The Bertz CT molecular complexity index is 915. The molecule has 158 valence electrons. The zero-order valence-electron chi connectivity index (χ0n) is 17.3. The van der Waals surface area contributed by atoms with Crippen LogP contribution in [0.25, 0.3) is 0 Å². The van der Waals surface area contributed by atoms with Gasteiger partial charge >= 0.3 is 0 Å². The lowest BCUT2D eigenvalue weighted by atomic mass is 9.88. The number of ketones is 1. The van der Waals surface area contributed by atoms with Crippen LogP contribution in [0.4, 0.5) is 15.8 Å². The third-order valence-corrected chi connectivity index (χ3v) is 6.40. The van der Waals surface area contributed by atoms with E-state index in [9.17, 15) is 14.0 Å². The molecule has 0 bridgehead atoms. The first kappa shape index (κ1) is 20.5. The average molecular weight is 410 g/mol. The Morgan fingerprint density at radius 2 is 2.03 bits per heavy atom. The van der Waals surface area contributed by atoms with E-state index in [2.05, 4.69) is 33.3 Å². The molecule has 2 atom stereocenters. The molecule has 0 amide bonds. The summed E-state index contributed by atoms with van der Waals surface area (Å²) in [6, 6.07) is 12.4. The van der Waals surface area contributed by atoms with Crippen LogP contribution in [0.2, 0.25) is 0 Å². The summed E-state index contributed by atoms with van der Waals surface area (Å²) in [5.41, 5.74) is 4.11. The van der Waals surface area contributed by atoms with Crippen molar-refractivity contribution in [1.82, 2.24) is 4.90 Å². The van der Waals surface area contributed by atoms with E-state index in [1.807, 2.05) is 7.05 Å². The van der Waals surface area contributed by atoms with Gasteiger partial charge in [0.1, 0.15) is 12.1 Å². The van der Waals surface area contributed by atoms with Crippen molar-refractivity contribution in [3.05, 3.63) is 59.4 Å². The van der Waals surface area contributed by atoms with E-state index < -0.39 is 0 Å². The van der Waals surface area contributed by atoms with Crippen LogP contribution in [0.15, 0.2) is 42.5 Å². The van der Waals surface area contributed by atoms with Crippen LogP contribution in [0, 0.1) is 5.82 Å². The number of benzene rings is 2. The summed E-state index contributed by atoms with van der Waals surface area (Å²) in [4.78, 5) is 28.4. The Balaban J connectivity index is 1.39. The molecule has 4 rings (SSSR count). The summed E-state index contributed by atoms with van der Waals surface area (Å²) in [5, 5.41) is 3.27. The van der Waals surface area contributed by atoms with Crippen molar-refractivity contribution < 1.29 is 14.0 Å². The summed E-state index contributed by atoms with van der Waals surface area (Å²) in [6.45, 7) is 3.18. The van der Waals surface area contributed by atoms with E-state index in [1.54, 1.807) is 12.1 Å². The van der Waals surface area contributed by atoms with E-state index in [0.29, 0.717) is 30.5 Å². The molecule has 2 aliphatic heterocycles. The number of aldehydes is 1. The molecule has 1 saturated heterocycles. The Labute approximate surface area is 176 Å². The first-order valence-corrected chi connectivity index (χ1v) is 10.6. The Kier molecular flexibility index (Phi) is 6.13. The standard InChI is InChI=1S/C24H28FN3O2/c1-26-21-5-2-4-19-20-16-27(13-11-22(20)28(14-15-29)24(19)21)12-3-6-23(30)17-7-9-18(25)10-8-17/h2,4-5,7-10,15,20,22,26H,3,6,11-14,16H2,1H3. The van der Waals surface area contributed by atoms with Gasteiger partial charge in [0.2, 0.25) is 0 Å². The molecule has 2 aromatic rings. The van der Waals surface area contributed by atoms with Gasteiger partial charge in [-0.25, -0.2) is 4.39 Å². The fourth-order valence-electron chi connectivity index (χ4n) is 4.99. The molecule has 0 aromatic heterocycles. The Hall–Kier alpha value is -2.73. The number of hydrogen-bond donors (Lipinski definition) is 1. The van der Waals surface area contributed by atoms with Crippen LogP contribution in [0.5, 0.6) is 0 Å². The van der Waals surface area contributed by atoms with Crippen molar-refractivity contribution in [3.63, 3.8) is 0 Å². The number of nitrogens with one attached hydrogen (secondary N) is 1. The molecular formula is C24H28FN3O2. The molecule has 0 aliphatic carbocycles. The number of Topliss-reactive ketones (excluding diaryl/α,β-unsaturated/α-hetero) is 1. The average Bonchev–Trinajstić information content (AvgIpc) is 3.08. The predicted molar refractivity (Wildman–Crippen MR) is 117 cm³/mol. The van der Waals surface area contributed by atoms with Crippen molar-refractivity contribution in [2.45, 2.75) is 31.2 Å². The fourth-order valence-corrected chi connectivity index (χ4v) is 4.99. The summed E-state index contributed by atoms with van der Waals surface area (Å²) in [6.07, 6.45) is 3.25. The second-order valence-corrected chi connectivity index (χ2v) is 8.11. The number of piperidine rings is 1. The lowest BCUT2D eigenvalue weighted by molar-refractivity contribution is -0.106. The highest BCUT2D eigenvalue weighted by atomic mass is 19.1. The van der Waals surface area contributed by atoms with Crippen molar-refractivity contribution in [1.29, 1.82) is 0 Å². The number of hydrogen-bond acceptors (Lipinski definition) is 5. The molecule has 0 saturated carbocycles. The molecule has 6 heteroatoms. The first-order valence-electron chi connectivity index (χ1n) is 10.6. The summed E-state index contributed by atoms with van der Waals surface area (Å²) in [7, 11) is 1.92. The Morgan fingerprint density at radius 1 is 1.23 bits per heavy atom. The number of anilines is 2. The number of para-hydroxylation sites is 1. The highest BCUT2D eigenvalue weighted by molar-refractivity contribution is 5.95. The molecule has 0 spiro atoms. The largest absolute Gasteiger partial charge is 0.386 e. The van der Waals surface area contributed by atoms with Gasteiger partial charge in [-0.1, -0.05) is 12.1 Å². The molecule has 2 aliphatic rings. The molecular weight excluding hydrogens is 381 g/mol. The number of likely N-dealkylation sites (tertiary alicyclic amines) is 1. The molecule has 5 nitrogen and oxygen atoms in total. The lowest BCUT2D eigenvalue weighted by Crippen LogP contribution is -2.47. The summed E-state index contributed by atoms with van der Waals surface area (Å²) in [5.74, 6) is 0.109. The maximum atomic E-state index is 13.0. The predicted octanol–water partition coefficient (Wildman–Crippen LogP) is 3.71. The first-order chi connectivity index (χ1) is 14.6. The molecule has 2 heterocycles. The molecule has 2 unspecified atom stereocenters. The number of carbonyl (C=O) groups excluding carboxylic acids is 2. The topological polar surface area (TPSA) is 52.7 Å². The second-order valence-electron chi connectivity index (χ2n) is 8.11. The zero-order valence-corrected chi connectivity index (χ0v) is 17.3. The number of halogens is 1. The molecule has 0 radical (unpaired) electrons. The van der Waals surface area contributed by atoms with Gasteiger partial charge in [-0.3, -0.25) is 4.79 Å². The van der Waals surface area contributed by atoms with Gasteiger partial charge in [-0.15, -0.1) is 0 Å². The normalized spacial score (nSPS) is 20.5. The van der Waals surface area contributed by atoms with Crippen LogP contribution in [-0.4, -0.2) is 56.2 Å². The van der Waals surface area contributed by atoms with E-state index >= 15 is 0 Å². The van der Waals surface area contributed by atoms with Gasteiger partial charge in [0, 0.05) is 44.1 Å². The van der Waals surface area contributed by atoms with Gasteiger partial charge in [-0.2, -0.15) is 0 Å². The monoisotopic (exact) mass is 409 g/mol. The van der Waals surface area contributed by atoms with Crippen LogP contribution < -0.4 is 10.2 Å². The van der Waals surface area contributed by atoms with Crippen LogP contribution >= 0.6 is 0 Å². The van der Waals surface area contributed by atoms with Gasteiger partial charge in [0.15, 0.2) is 5.78 Å². The quantitative estimate of drug-likeness (QED) is 0.532. The molecule has 2 aromatic carbocycles. The Morgan fingerprint density at radius 3 is 2.77 bits per heavy atom. The van der Waals surface area contributed by atoms with E-state index in [1.165, 1.54) is 17.7 Å². The lowest BCUT2D eigenvalue weighted by Gasteiger charge is -2.38. The highest BCUT2D eigenvalue weighted by Crippen LogP contribution is 2.47. The van der Waals surface area contributed by atoms with E-state index in [-0.39, 0.29) is 11.6 Å². The minimum atomic E-state index is -0.323. The van der Waals surface area contributed by atoms with E-state index in [4.69, 9.17) is 0 Å². The maximum absolute atomic E-state index is 13.0. The minimum absolute atomic E-state index is 0.0620. The van der Waals surface area contributed by atoms with Crippen molar-refractivity contribution >= 4 is 23.4 Å². The minimum Gasteiger partial charge on any atom is -0.386 e. The number of nitrogens with zero attached hydrogens (tertiary/aromatic N) is 2. The number of rotatable bonds is 8. The molecule has 1 N–H and O–H groups in total. The third-order valence-electron chi connectivity index (χ3n) is 6.40. The van der Waals surface area contributed by atoms with Crippen molar-refractivity contribution in [2.24, 2.45) is 0 Å². The van der Waals surface area contributed by atoms with E-state index in [0.717, 1.165) is 50.1 Å². The maximum Gasteiger partial charge on any atom is 0.162 e. The fraction of sp³-hybridized carbons (Fsp3) is 0.417. The number of fused-ring (bicyclic) bond motifs is 3. The van der Waals surface area contributed by atoms with Crippen LogP contribution in [-0.2, 0) is 4.79 Å². The number of carbonyl (C=O) groups is 2. The van der Waals surface area contributed by atoms with Gasteiger partial charge in [0.05, 0.1) is 17.9 Å². The van der Waals surface area contributed by atoms with Crippen LogP contribution in [0.3, 0.4) is 0 Å². The van der Waals surface area contributed by atoms with Crippen LogP contribution in [0.1, 0.15) is 41.1 Å². The van der Waals surface area contributed by atoms with Gasteiger partial charge in [-0.05, 0) is 55.3 Å². The summed E-state index contributed by atoms with van der Waals surface area (Å²) >= 11 is 0. The SMILES string of the molecule is CNc1cccc2c1N(CC=O)C1CCN(CCCC(=O)c3ccc(F)cc3)CC21. The van der Waals surface area contributed by atoms with Gasteiger partial charge in [0.25, 0.3) is 0 Å². The van der Waals surface area contributed by atoms with Crippen molar-refractivity contribution in [3.8, 4) is 0 Å². The molecule has 30 heavy (non-hydrogen) atoms. The zero-order chi connectivity index (χ0) is 21.1. The smallest absolute Gasteiger partial charge is 0.162 e. The van der Waals surface area contributed by atoms with Gasteiger partial charge < -0.3 is 19.9 Å².